The molecule has 3 aromatic carbocycles. The maximum atomic E-state index is 11.7. The standard InChI is InChI=1S/C22H21N6O7S2/c1-12-9-19(27-28-21-11-16(36(30,31)32)5-7-22(21)37(33,34)35)13(2)8-18(12)26-25-17-6-4-15(23)10-20(17)24-14(3)29/h4-11,23H,1-3H3,(H,24,29)(H,30,31,32)(H,33,34,35)/b26-25+,28-27+. The number of nitrogens with zero attached hydrogens (tertiary/aromatic N) is 4. The quantitative estimate of drug-likeness (QED) is 0.256. The monoisotopic (exact) mass is 545 g/mol. The maximum Gasteiger partial charge on any atom is 0.296 e. The van der Waals surface area contributed by atoms with E-state index in [0.717, 1.165) is 18.2 Å². The molecule has 0 bridgehead atoms. The fourth-order valence-electron chi connectivity index (χ4n) is 3.08. The van der Waals surface area contributed by atoms with Gasteiger partial charge in [-0.1, -0.05) is 0 Å². The van der Waals surface area contributed by atoms with Crippen molar-refractivity contribution >= 4 is 60.3 Å². The molecule has 1 radical (unpaired) electrons. The molecule has 1 amide bonds. The number of azo groups is 2. The third kappa shape index (κ3) is 7.01. The van der Waals surface area contributed by atoms with Crippen molar-refractivity contribution in [3.05, 3.63) is 59.7 Å². The minimum absolute atomic E-state index is 0.184. The van der Waals surface area contributed by atoms with Crippen LogP contribution in [-0.4, -0.2) is 31.8 Å². The Morgan fingerprint density at radius 2 is 1.30 bits per heavy atom. The van der Waals surface area contributed by atoms with E-state index in [1.165, 1.54) is 25.1 Å². The topological polar surface area (TPSA) is 211 Å². The lowest BCUT2D eigenvalue weighted by molar-refractivity contribution is -0.114. The molecule has 15 heteroatoms. The molecule has 193 valence electrons. The van der Waals surface area contributed by atoms with E-state index < -0.39 is 35.7 Å². The van der Waals surface area contributed by atoms with Crippen molar-refractivity contribution in [2.45, 2.75) is 30.6 Å². The van der Waals surface area contributed by atoms with Gasteiger partial charge in [0, 0.05) is 6.92 Å². The van der Waals surface area contributed by atoms with Gasteiger partial charge in [-0.05, 0) is 73.5 Å². The molecule has 0 unspecified atom stereocenters. The van der Waals surface area contributed by atoms with Gasteiger partial charge in [-0.2, -0.15) is 27.1 Å². The zero-order chi connectivity index (χ0) is 27.5. The summed E-state index contributed by atoms with van der Waals surface area (Å²) in [6.07, 6.45) is 0. The first-order valence-electron chi connectivity index (χ1n) is 10.3. The number of carbonyl (C=O) groups excluding carboxylic acids is 1. The molecule has 3 rings (SSSR count). The van der Waals surface area contributed by atoms with E-state index in [4.69, 9.17) is 5.73 Å². The zero-order valence-corrected chi connectivity index (χ0v) is 21.3. The van der Waals surface area contributed by atoms with Gasteiger partial charge in [0.05, 0.1) is 27.6 Å². The Labute approximate surface area is 212 Å². The largest absolute Gasteiger partial charge is 0.324 e. The van der Waals surface area contributed by atoms with Crippen LogP contribution in [0, 0.1) is 13.8 Å². The first-order valence-corrected chi connectivity index (χ1v) is 13.2. The molecule has 3 aromatic rings. The van der Waals surface area contributed by atoms with E-state index in [1.807, 2.05) is 0 Å². The third-order valence-electron chi connectivity index (χ3n) is 4.86. The summed E-state index contributed by atoms with van der Waals surface area (Å²) in [5.41, 5.74) is 9.95. The SMILES string of the molecule is CC(=O)Nc1cc([NH])ccc1/N=N/c1cc(C)c(/N=N/c2cc(S(=O)(=O)O)ccc2S(=O)(=O)O)cc1C. The second-order valence-electron chi connectivity index (χ2n) is 7.82. The van der Waals surface area contributed by atoms with Gasteiger partial charge in [0.25, 0.3) is 20.2 Å². The number of nitrogens with one attached hydrogen (secondary N) is 2. The van der Waals surface area contributed by atoms with Gasteiger partial charge in [-0.3, -0.25) is 13.9 Å². The Balaban J connectivity index is 1.98. The molecule has 0 spiro atoms. The molecule has 0 saturated carbocycles. The lowest BCUT2D eigenvalue weighted by Gasteiger charge is -2.08. The molecule has 0 aliphatic heterocycles. The molecule has 0 aromatic heterocycles. The van der Waals surface area contributed by atoms with E-state index in [1.54, 1.807) is 26.0 Å². The summed E-state index contributed by atoms with van der Waals surface area (Å²) in [6.45, 7) is 4.70. The Morgan fingerprint density at radius 3 is 1.81 bits per heavy atom. The summed E-state index contributed by atoms with van der Waals surface area (Å²) >= 11 is 0. The lowest BCUT2D eigenvalue weighted by atomic mass is 10.1. The average molecular weight is 546 g/mol. The van der Waals surface area contributed by atoms with Gasteiger partial charge in [0.2, 0.25) is 5.91 Å². The fraction of sp³-hybridized carbons (Fsp3) is 0.136. The number of carbonyl (C=O) groups is 1. The van der Waals surface area contributed by atoms with Crippen LogP contribution in [0.3, 0.4) is 0 Å². The van der Waals surface area contributed by atoms with Crippen molar-refractivity contribution in [1.82, 2.24) is 5.73 Å². The molecule has 0 atom stereocenters. The molecule has 0 heterocycles. The van der Waals surface area contributed by atoms with Crippen LogP contribution in [0.1, 0.15) is 18.1 Å². The van der Waals surface area contributed by atoms with Crippen molar-refractivity contribution in [2.75, 3.05) is 5.32 Å². The van der Waals surface area contributed by atoms with Crippen molar-refractivity contribution in [3.8, 4) is 0 Å². The van der Waals surface area contributed by atoms with Gasteiger partial charge in [0.15, 0.2) is 0 Å². The normalized spacial score (nSPS) is 12.4. The van der Waals surface area contributed by atoms with E-state index in [2.05, 4.69) is 25.8 Å². The third-order valence-corrected chi connectivity index (χ3v) is 6.61. The van der Waals surface area contributed by atoms with E-state index in [9.17, 15) is 30.7 Å². The smallest absolute Gasteiger partial charge is 0.296 e. The van der Waals surface area contributed by atoms with Gasteiger partial charge in [-0.15, -0.1) is 10.2 Å². The Kier molecular flexibility index (Phi) is 7.83. The number of amides is 1. The van der Waals surface area contributed by atoms with Crippen LogP contribution >= 0.6 is 0 Å². The fourth-order valence-corrected chi connectivity index (χ4v) is 4.19. The van der Waals surface area contributed by atoms with Crippen molar-refractivity contribution in [2.24, 2.45) is 20.5 Å². The Hall–Kier alpha value is -4.05. The summed E-state index contributed by atoms with van der Waals surface area (Å²) in [5, 5.41) is 18.7. The number of aryl methyl sites for hydroxylation is 2. The molecule has 0 fully saturated rings. The minimum atomic E-state index is -4.77. The summed E-state index contributed by atoms with van der Waals surface area (Å²) < 4.78 is 64.9. The van der Waals surface area contributed by atoms with Crippen LogP contribution in [0.25, 0.3) is 0 Å². The maximum absolute atomic E-state index is 11.7. The highest BCUT2D eigenvalue weighted by Gasteiger charge is 2.20. The Morgan fingerprint density at radius 1 is 0.757 bits per heavy atom. The summed E-state index contributed by atoms with van der Waals surface area (Å²) in [6, 6.07) is 10.0. The molecule has 0 aliphatic carbocycles. The number of hydrogen-bond donors (Lipinski definition) is 3. The number of rotatable bonds is 7. The number of benzene rings is 3. The van der Waals surface area contributed by atoms with Gasteiger partial charge >= 0.3 is 0 Å². The molecular formula is C22H21N6O7S2. The predicted molar refractivity (Wildman–Crippen MR) is 134 cm³/mol. The highest BCUT2D eigenvalue weighted by Crippen LogP contribution is 2.34. The zero-order valence-electron chi connectivity index (χ0n) is 19.7. The number of hydrogen-bond acceptors (Lipinski definition) is 9. The number of anilines is 1. The summed E-state index contributed by atoms with van der Waals surface area (Å²) in [4.78, 5) is 10.1. The highest BCUT2D eigenvalue weighted by atomic mass is 32.2. The molecule has 4 N–H and O–H groups in total. The first kappa shape index (κ1) is 27.5. The van der Waals surface area contributed by atoms with Crippen LogP contribution in [0.15, 0.2) is 78.8 Å². The lowest BCUT2D eigenvalue weighted by Crippen LogP contribution is -2.05. The van der Waals surface area contributed by atoms with Gasteiger partial charge in [-0.25, -0.2) is 0 Å². The van der Waals surface area contributed by atoms with Gasteiger partial charge in [0.1, 0.15) is 16.3 Å². The van der Waals surface area contributed by atoms with Crippen LogP contribution in [0.5, 0.6) is 0 Å². The van der Waals surface area contributed by atoms with E-state index >= 15 is 0 Å². The molecule has 13 nitrogen and oxygen atoms in total. The van der Waals surface area contributed by atoms with Crippen molar-refractivity contribution in [3.63, 3.8) is 0 Å². The molecule has 0 aliphatic rings. The molecule has 37 heavy (non-hydrogen) atoms. The second kappa shape index (κ2) is 10.5. The van der Waals surface area contributed by atoms with Crippen molar-refractivity contribution in [1.29, 1.82) is 0 Å². The van der Waals surface area contributed by atoms with Gasteiger partial charge < -0.3 is 11.1 Å². The Bertz CT molecular complexity index is 1670. The van der Waals surface area contributed by atoms with E-state index in [0.29, 0.717) is 28.2 Å². The van der Waals surface area contributed by atoms with Crippen LogP contribution in [-0.2, 0) is 25.0 Å². The van der Waals surface area contributed by atoms with E-state index in [-0.39, 0.29) is 17.3 Å². The second-order valence-corrected chi connectivity index (χ2v) is 10.6. The first-order chi connectivity index (χ1) is 17.1. The molecule has 0 saturated heterocycles. The average Bonchev–Trinajstić information content (AvgIpc) is 2.77. The van der Waals surface area contributed by atoms with Crippen molar-refractivity contribution < 1.29 is 30.7 Å². The van der Waals surface area contributed by atoms with Crippen LogP contribution in [0.2, 0.25) is 0 Å². The van der Waals surface area contributed by atoms with Crippen LogP contribution < -0.4 is 11.1 Å². The predicted octanol–water partition coefficient (Wildman–Crippen LogP) is 5.50. The summed E-state index contributed by atoms with van der Waals surface area (Å²) in [7, 11) is -9.44. The summed E-state index contributed by atoms with van der Waals surface area (Å²) in [5.74, 6) is -0.330. The minimum Gasteiger partial charge on any atom is -0.324 e. The molecular weight excluding hydrogens is 524 g/mol. The highest BCUT2D eigenvalue weighted by molar-refractivity contribution is 7.86. The van der Waals surface area contributed by atoms with Crippen LogP contribution in [0.4, 0.5) is 34.1 Å².